The third kappa shape index (κ3) is 9.05. The summed E-state index contributed by atoms with van der Waals surface area (Å²) in [6, 6.07) is 0. The van der Waals surface area contributed by atoms with Crippen molar-refractivity contribution in [1.82, 2.24) is 0 Å². The van der Waals surface area contributed by atoms with Crippen molar-refractivity contribution >= 4 is 48.9 Å². The van der Waals surface area contributed by atoms with Crippen LogP contribution in [-0.2, 0) is 19.8 Å². The second-order valence-corrected chi connectivity index (χ2v) is 0. The number of rotatable bonds is 0. The average Bonchev–Trinajstić information content (AvgIpc) is 1.00. The van der Waals surface area contributed by atoms with Crippen molar-refractivity contribution in [3.05, 3.63) is 0 Å². The van der Waals surface area contributed by atoms with Gasteiger partial charge in [-0.25, -0.2) is 0 Å². The van der Waals surface area contributed by atoms with Crippen molar-refractivity contribution in [1.29, 1.82) is 0 Å². The molecule has 4 heavy (non-hydrogen) atoms. The van der Waals surface area contributed by atoms with E-state index in [2.05, 4.69) is 15.9 Å². The van der Waals surface area contributed by atoms with Crippen molar-refractivity contribution in [2.45, 2.75) is 0 Å². The predicted molar refractivity (Wildman–Crippen MR) is 6.44 cm³/mol. The van der Waals surface area contributed by atoms with Crippen LogP contribution in [-0.4, -0.2) is 48.9 Å². The summed E-state index contributed by atoms with van der Waals surface area (Å²) >= 11 is 2.94. The van der Waals surface area contributed by atoms with Gasteiger partial charge in [-0.3, -0.25) is 0 Å². The number of hydrogen-bond acceptors (Lipinski definition) is 1. The van der Waals surface area contributed by atoms with Gasteiger partial charge in [0.25, 0.3) is 0 Å². The molecule has 2 radical (unpaired) electrons. The van der Waals surface area contributed by atoms with Crippen LogP contribution in [0.2, 0.25) is 0 Å². The van der Waals surface area contributed by atoms with Crippen LogP contribution in [0.4, 0.5) is 0 Å². The van der Waals surface area contributed by atoms with Gasteiger partial charge in [0.1, 0.15) is 0 Å². The van der Waals surface area contributed by atoms with E-state index in [1.165, 1.54) is 0 Å². The van der Waals surface area contributed by atoms with Crippen molar-refractivity contribution in [2.24, 2.45) is 0 Å². The Balaban J connectivity index is -0.00000000500. The number of hydrogen-bond donors (Lipinski definition) is 0. The molecule has 0 heterocycles. The van der Waals surface area contributed by atoms with Crippen LogP contribution in [0.5, 0.6) is 0 Å². The van der Waals surface area contributed by atoms with E-state index in [1.807, 2.05) is 0 Å². The van der Waals surface area contributed by atoms with Gasteiger partial charge in [-0.05, 0) is 0 Å². The predicted octanol–water partition coefficient (Wildman–Crippen LogP) is -0.502. The molecule has 33 valence electrons. The molecule has 0 fully saturated rings. The van der Waals surface area contributed by atoms with E-state index in [0.717, 1.165) is 0 Å². The summed E-state index contributed by atoms with van der Waals surface area (Å²) < 4.78 is 7.81. The summed E-state index contributed by atoms with van der Waals surface area (Å²) in [6.07, 6.45) is 0. The fraction of sp³-hybridized carbons (Fsp3) is 0. The third-order valence-corrected chi connectivity index (χ3v) is 0. The molecular formula is BaCuOYb. The Kier molecular flexibility index (Phi) is 63.1. The van der Waals surface area contributed by atoms with Gasteiger partial charge in [-0.15, -0.1) is 0 Å². The molecule has 1 nitrogen and oxygen atoms in total. The molecule has 0 saturated carbocycles. The van der Waals surface area contributed by atoms with Crippen molar-refractivity contribution in [3.8, 4) is 0 Å². The summed E-state index contributed by atoms with van der Waals surface area (Å²) in [5.41, 5.74) is 0. The third-order valence-electron chi connectivity index (χ3n) is 0. The molecule has 0 aromatic carbocycles. The van der Waals surface area contributed by atoms with Gasteiger partial charge in [0.2, 0.25) is 0 Å². The van der Waals surface area contributed by atoms with Gasteiger partial charge in [-0.2, -0.15) is 0 Å². The Hall–Kier alpha value is 3.41. The Morgan fingerprint density at radius 1 is 1.25 bits per heavy atom. The first-order valence-electron chi connectivity index (χ1n) is 0.123. The van der Waals surface area contributed by atoms with E-state index >= 15 is 0 Å². The fourth-order valence-electron chi connectivity index (χ4n) is 0. The quantitative estimate of drug-likeness (QED) is 0.510. The van der Waals surface area contributed by atoms with E-state index in [4.69, 9.17) is 3.83 Å². The van der Waals surface area contributed by atoms with E-state index in [0.29, 0.717) is 0 Å². The molecule has 4 heteroatoms. The molecule has 0 aliphatic rings. The summed E-state index contributed by atoms with van der Waals surface area (Å²) in [4.78, 5) is 0. The first-order valence-corrected chi connectivity index (χ1v) is 0.508. The smallest absolute Gasteiger partial charge is 0 e. The first-order chi connectivity index (χ1) is 1.00. The van der Waals surface area contributed by atoms with Gasteiger partial charge in [0.05, 0.1) is 0 Å². The maximum atomic E-state index is 7.81. The minimum atomic E-state index is 0. The van der Waals surface area contributed by atoms with Crippen molar-refractivity contribution in [3.63, 3.8) is 0 Å². The molecule has 0 bridgehead atoms. The second-order valence-electron chi connectivity index (χ2n) is 0. The molecule has 0 unspecified atom stereocenters. The minimum absolute atomic E-state index is 0. The van der Waals surface area contributed by atoms with Gasteiger partial charge in [0.15, 0.2) is 0 Å². The zero-order chi connectivity index (χ0) is 2.00. The second kappa shape index (κ2) is 16.1. The van der Waals surface area contributed by atoms with Crippen LogP contribution < -0.4 is 0 Å². The van der Waals surface area contributed by atoms with Crippen molar-refractivity contribution in [2.75, 3.05) is 0 Å². The molecule has 0 aliphatic heterocycles. The van der Waals surface area contributed by atoms with Crippen LogP contribution in [0.25, 0.3) is 0 Å². The van der Waals surface area contributed by atoms with Crippen LogP contribution in [0, 0.1) is 46.9 Å². The topological polar surface area (TPSA) is 17.1 Å². The summed E-state index contributed by atoms with van der Waals surface area (Å²) in [5.74, 6) is 0. The first kappa shape index (κ1) is 15.7. The minimum Gasteiger partial charge on any atom is 0 e. The molecule has 0 aromatic heterocycles. The average molecular weight is 390 g/mol. The molecule has 0 rings (SSSR count). The fourth-order valence-corrected chi connectivity index (χ4v) is 0. The summed E-state index contributed by atoms with van der Waals surface area (Å²) in [5, 5.41) is 0. The zero-order valence-corrected chi connectivity index (χ0v) is 8.78. The Morgan fingerprint density at radius 3 is 1.25 bits per heavy atom. The SMILES string of the molecule is [Ba].[O]=[Cu].[Yb]. The molecule has 0 atom stereocenters. The Morgan fingerprint density at radius 2 is 1.25 bits per heavy atom. The van der Waals surface area contributed by atoms with E-state index in [9.17, 15) is 0 Å². The molecule has 0 saturated heterocycles. The van der Waals surface area contributed by atoms with Crippen LogP contribution >= 0.6 is 0 Å². The molecule has 0 aromatic rings. The Bertz CT molecular complexity index is 8.00. The van der Waals surface area contributed by atoms with Gasteiger partial charge >= 0.3 is 19.8 Å². The standard InChI is InChI=1S/Ba.Cu.O.Yb. The molecule has 0 aliphatic carbocycles. The molecule has 0 spiro atoms. The van der Waals surface area contributed by atoms with Crippen LogP contribution in [0.3, 0.4) is 0 Å². The van der Waals surface area contributed by atoms with Crippen molar-refractivity contribution < 1.29 is 66.7 Å². The van der Waals surface area contributed by atoms with Crippen LogP contribution in [0.1, 0.15) is 0 Å². The van der Waals surface area contributed by atoms with E-state index in [1.54, 1.807) is 0 Å². The molecular weight excluding hydrogens is 390 g/mol. The Labute approximate surface area is 112 Å². The van der Waals surface area contributed by atoms with E-state index in [-0.39, 0.29) is 95.8 Å². The van der Waals surface area contributed by atoms with Gasteiger partial charge < -0.3 is 0 Å². The zero-order valence-electron chi connectivity index (χ0n) is 1.68. The largest absolute Gasteiger partial charge is 0 e. The monoisotopic (exact) mass is 391 g/mol. The summed E-state index contributed by atoms with van der Waals surface area (Å²) in [6.45, 7) is 0. The molecule has 0 N–H and O–H groups in total. The van der Waals surface area contributed by atoms with Gasteiger partial charge in [-0.1, -0.05) is 0 Å². The molecule has 0 amide bonds. The summed E-state index contributed by atoms with van der Waals surface area (Å²) in [7, 11) is 0. The van der Waals surface area contributed by atoms with E-state index < -0.39 is 0 Å². The van der Waals surface area contributed by atoms with Crippen LogP contribution in [0.15, 0.2) is 0 Å². The normalized spacial score (nSPS) is 1.50. The maximum Gasteiger partial charge on any atom is 0 e. The van der Waals surface area contributed by atoms with Gasteiger partial charge in [0, 0.05) is 95.8 Å². The maximum absolute atomic E-state index is 7.81.